The molecule has 0 unspecified atom stereocenters. The highest BCUT2D eigenvalue weighted by atomic mass is 35.5. The van der Waals surface area contributed by atoms with Gasteiger partial charge in [0, 0.05) is 24.4 Å². The fourth-order valence-electron chi connectivity index (χ4n) is 2.74. The molecular weight excluding hydrogens is 300 g/mol. The maximum atomic E-state index is 13.3. The number of hydrogen-bond donors (Lipinski definition) is 2. The molecule has 0 bridgehead atoms. The molecule has 0 saturated heterocycles. The first-order valence-electron chi connectivity index (χ1n) is 6.69. The molecule has 0 saturated carbocycles. The van der Waals surface area contributed by atoms with E-state index in [1.807, 2.05) is 6.20 Å². The lowest BCUT2D eigenvalue weighted by molar-refractivity contribution is 0.151. The molecule has 0 fully saturated rings. The first-order chi connectivity index (χ1) is 9.69. The molecule has 2 aliphatic heterocycles. The van der Waals surface area contributed by atoms with Crippen LogP contribution in [0.5, 0.6) is 5.75 Å². The number of nitrogens with zero attached hydrogens (tertiary/aromatic N) is 1. The Bertz CT molecular complexity index is 553. The number of rotatable bonds is 3. The largest absolute Gasteiger partial charge is 0.491 e. The van der Waals surface area contributed by atoms with E-state index >= 15 is 0 Å². The van der Waals surface area contributed by atoms with Crippen LogP contribution in [-0.2, 0) is 6.42 Å². The molecule has 1 aromatic carbocycles. The average Bonchev–Trinajstić information content (AvgIpc) is 2.88. The Morgan fingerprint density at radius 1 is 1.33 bits per heavy atom. The van der Waals surface area contributed by atoms with Gasteiger partial charge < -0.3 is 20.7 Å². The minimum Gasteiger partial charge on any atom is -0.491 e. The zero-order valence-electron chi connectivity index (χ0n) is 11.4. The summed E-state index contributed by atoms with van der Waals surface area (Å²) >= 11 is 0. The molecule has 116 valence electrons. The normalized spacial score (nSPS) is 20.0. The first kappa shape index (κ1) is 15.9. The highest BCUT2D eigenvalue weighted by Gasteiger charge is 2.29. The van der Waals surface area contributed by atoms with Crippen LogP contribution in [0.1, 0.15) is 12.0 Å². The van der Waals surface area contributed by atoms with Crippen LogP contribution in [0, 0.1) is 11.6 Å². The average molecular weight is 318 g/mol. The van der Waals surface area contributed by atoms with Gasteiger partial charge in [-0.1, -0.05) is 0 Å². The number of benzene rings is 1. The summed E-state index contributed by atoms with van der Waals surface area (Å²) in [5, 5.41) is 3.17. The minimum absolute atomic E-state index is 0. The molecule has 0 radical (unpaired) electrons. The van der Waals surface area contributed by atoms with Crippen molar-refractivity contribution < 1.29 is 13.5 Å². The van der Waals surface area contributed by atoms with Crippen LogP contribution >= 0.6 is 12.4 Å². The van der Waals surface area contributed by atoms with Crippen LogP contribution in [0.3, 0.4) is 0 Å². The Labute approximate surface area is 128 Å². The SMILES string of the molecule is Cl.NCCC1=CNCN1[C@H]1COc2cc(F)c(F)cc2C1. The first-order valence-corrected chi connectivity index (χ1v) is 6.69. The van der Waals surface area contributed by atoms with Crippen LogP contribution < -0.4 is 15.8 Å². The lowest BCUT2D eigenvalue weighted by Gasteiger charge is -2.34. The van der Waals surface area contributed by atoms with E-state index in [4.69, 9.17) is 10.5 Å². The van der Waals surface area contributed by atoms with Crippen molar-refractivity contribution in [2.24, 2.45) is 5.73 Å². The van der Waals surface area contributed by atoms with E-state index in [2.05, 4.69) is 10.2 Å². The van der Waals surface area contributed by atoms with Gasteiger partial charge in [-0.15, -0.1) is 12.4 Å². The predicted octanol–water partition coefficient (Wildman–Crippen LogP) is 1.74. The topological polar surface area (TPSA) is 50.5 Å². The summed E-state index contributed by atoms with van der Waals surface area (Å²) in [5.41, 5.74) is 7.43. The minimum atomic E-state index is -0.867. The molecule has 3 rings (SSSR count). The van der Waals surface area contributed by atoms with Gasteiger partial charge in [-0.2, -0.15) is 0 Å². The van der Waals surface area contributed by atoms with Crippen molar-refractivity contribution in [1.82, 2.24) is 10.2 Å². The quantitative estimate of drug-likeness (QED) is 0.891. The van der Waals surface area contributed by atoms with Gasteiger partial charge in [-0.3, -0.25) is 0 Å². The van der Waals surface area contributed by atoms with Crippen LogP contribution in [0.25, 0.3) is 0 Å². The Morgan fingerprint density at radius 3 is 2.86 bits per heavy atom. The van der Waals surface area contributed by atoms with Gasteiger partial charge in [0.25, 0.3) is 0 Å². The van der Waals surface area contributed by atoms with Crippen molar-refractivity contribution in [3.8, 4) is 5.75 Å². The van der Waals surface area contributed by atoms with E-state index in [1.165, 1.54) is 6.07 Å². The molecule has 4 nitrogen and oxygen atoms in total. The standard InChI is InChI=1S/C14H17F2N3O.ClH/c15-12-4-9-3-11(7-20-14(9)5-13(12)16)19-8-18-6-10(19)1-2-17;/h4-6,11,18H,1-3,7-8,17H2;1H/t11-;/m1./s1. The molecule has 0 spiro atoms. The third-order valence-corrected chi connectivity index (χ3v) is 3.73. The zero-order chi connectivity index (χ0) is 14.1. The molecule has 21 heavy (non-hydrogen) atoms. The molecule has 1 atom stereocenters. The van der Waals surface area contributed by atoms with Gasteiger partial charge in [-0.05, 0) is 24.6 Å². The Kier molecular flexibility index (Phi) is 4.90. The van der Waals surface area contributed by atoms with E-state index in [-0.39, 0.29) is 18.4 Å². The van der Waals surface area contributed by atoms with E-state index < -0.39 is 11.6 Å². The number of hydrogen-bond acceptors (Lipinski definition) is 4. The van der Waals surface area contributed by atoms with Crippen LogP contribution in [0.4, 0.5) is 8.78 Å². The molecule has 2 aliphatic rings. The molecule has 0 aromatic heterocycles. The van der Waals surface area contributed by atoms with Crippen molar-refractivity contribution >= 4 is 12.4 Å². The maximum absolute atomic E-state index is 13.3. The Hall–Kier alpha value is -1.53. The van der Waals surface area contributed by atoms with Crippen molar-refractivity contribution in [3.05, 3.63) is 41.2 Å². The fourth-order valence-corrected chi connectivity index (χ4v) is 2.74. The van der Waals surface area contributed by atoms with Crippen molar-refractivity contribution in [1.29, 1.82) is 0 Å². The molecule has 3 N–H and O–H groups in total. The monoisotopic (exact) mass is 317 g/mol. The number of ether oxygens (including phenoxy) is 1. The second kappa shape index (κ2) is 6.49. The Balaban J connectivity index is 0.00000161. The molecule has 7 heteroatoms. The number of nitrogens with two attached hydrogens (primary N) is 1. The second-order valence-corrected chi connectivity index (χ2v) is 5.05. The molecule has 0 amide bonds. The van der Waals surface area contributed by atoms with Gasteiger partial charge in [0.1, 0.15) is 12.4 Å². The molecular formula is C14H18ClF2N3O. The van der Waals surface area contributed by atoms with Gasteiger partial charge in [0.15, 0.2) is 11.6 Å². The summed E-state index contributed by atoms with van der Waals surface area (Å²) in [6, 6.07) is 2.46. The molecule has 2 heterocycles. The summed E-state index contributed by atoms with van der Waals surface area (Å²) in [6.07, 6.45) is 3.37. The number of fused-ring (bicyclic) bond motifs is 1. The summed E-state index contributed by atoms with van der Waals surface area (Å²) < 4.78 is 32.1. The lowest BCUT2D eigenvalue weighted by Crippen LogP contribution is -2.43. The fraction of sp³-hybridized carbons (Fsp3) is 0.429. The molecule has 0 aliphatic carbocycles. The van der Waals surface area contributed by atoms with E-state index in [9.17, 15) is 8.78 Å². The van der Waals surface area contributed by atoms with Crippen molar-refractivity contribution in [2.75, 3.05) is 19.8 Å². The van der Waals surface area contributed by atoms with Crippen LogP contribution in [0.15, 0.2) is 24.0 Å². The van der Waals surface area contributed by atoms with Crippen LogP contribution in [-0.4, -0.2) is 30.8 Å². The highest BCUT2D eigenvalue weighted by Crippen LogP contribution is 2.30. The van der Waals surface area contributed by atoms with Crippen molar-refractivity contribution in [2.45, 2.75) is 18.9 Å². The molecule has 1 aromatic rings. The number of nitrogens with one attached hydrogen (secondary N) is 1. The van der Waals surface area contributed by atoms with E-state index in [0.29, 0.717) is 37.6 Å². The smallest absolute Gasteiger partial charge is 0.162 e. The lowest BCUT2D eigenvalue weighted by atomic mass is 10.0. The number of halogens is 3. The summed E-state index contributed by atoms with van der Waals surface area (Å²) in [4.78, 5) is 2.18. The summed E-state index contributed by atoms with van der Waals surface area (Å²) in [7, 11) is 0. The predicted molar refractivity (Wildman–Crippen MR) is 78.2 cm³/mol. The van der Waals surface area contributed by atoms with Crippen LogP contribution in [0.2, 0.25) is 0 Å². The Morgan fingerprint density at radius 2 is 2.10 bits per heavy atom. The third-order valence-electron chi connectivity index (χ3n) is 3.73. The van der Waals surface area contributed by atoms with E-state index in [1.54, 1.807) is 0 Å². The van der Waals surface area contributed by atoms with Crippen molar-refractivity contribution in [3.63, 3.8) is 0 Å². The van der Waals surface area contributed by atoms with Gasteiger partial charge >= 0.3 is 0 Å². The van der Waals surface area contributed by atoms with Gasteiger partial charge in [-0.25, -0.2) is 8.78 Å². The highest BCUT2D eigenvalue weighted by molar-refractivity contribution is 5.85. The van der Waals surface area contributed by atoms with Gasteiger partial charge in [0.2, 0.25) is 0 Å². The second-order valence-electron chi connectivity index (χ2n) is 5.05. The van der Waals surface area contributed by atoms with Gasteiger partial charge in [0.05, 0.1) is 12.7 Å². The summed E-state index contributed by atoms with van der Waals surface area (Å²) in [6.45, 7) is 1.73. The third kappa shape index (κ3) is 3.06. The summed E-state index contributed by atoms with van der Waals surface area (Å²) in [5.74, 6) is -1.25. The zero-order valence-corrected chi connectivity index (χ0v) is 12.3. The van der Waals surface area contributed by atoms with E-state index in [0.717, 1.165) is 18.2 Å². The maximum Gasteiger partial charge on any atom is 0.162 e.